The van der Waals surface area contributed by atoms with E-state index in [0.717, 1.165) is 19.6 Å². The molecular formula is C16H26N2O. The summed E-state index contributed by atoms with van der Waals surface area (Å²) in [5, 5.41) is 0. The van der Waals surface area contributed by atoms with E-state index in [4.69, 9.17) is 10.5 Å². The first-order valence-electron chi connectivity index (χ1n) is 7.08. The average Bonchev–Trinajstić information content (AvgIpc) is 2.91. The maximum absolute atomic E-state index is 6.11. The number of likely N-dealkylation sites (N-methyl/N-ethyl adjacent to an activating group) is 1. The molecular weight excluding hydrogens is 236 g/mol. The van der Waals surface area contributed by atoms with Crippen LogP contribution in [0.3, 0.4) is 0 Å². The number of hydrogen-bond donors (Lipinski definition) is 1. The standard InChI is InChI=1S/C16H26N2O/c1-12-5-6-15(13(2)9-12)18(4)16(3,11-17)14-7-8-19-10-14/h5-6,9,14H,7-8,10-11,17H2,1-4H3. The fourth-order valence-corrected chi connectivity index (χ4v) is 3.06. The van der Waals surface area contributed by atoms with Crippen LogP contribution in [0, 0.1) is 19.8 Å². The summed E-state index contributed by atoms with van der Waals surface area (Å²) in [5.41, 5.74) is 9.94. The van der Waals surface area contributed by atoms with Gasteiger partial charge >= 0.3 is 0 Å². The number of ether oxygens (including phenoxy) is 1. The highest BCUT2D eigenvalue weighted by molar-refractivity contribution is 5.56. The maximum Gasteiger partial charge on any atom is 0.0543 e. The van der Waals surface area contributed by atoms with Gasteiger partial charge in [0.1, 0.15) is 0 Å². The molecule has 0 aromatic heterocycles. The summed E-state index contributed by atoms with van der Waals surface area (Å²) in [6.07, 6.45) is 1.10. The highest BCUT2D eigenvalue weighted by Gasteiger charge is 2.39. The van der Waals surface area contributed by atoms with Crippen molar-refractivity contribution in [3.05, 3.63) is 29.3 Å². The Balaban J connectivity index is 2.31. The highest BCUT2D eigenvalue weighted by atomic mass is 16.5. The summed E-state index contributed by atoms with van der Waals surface area (Å²) >= 11 is 0. The van der Waals surface area contributed by atoms with Gasteiger partial charge in [-0.3, -0.25) is 0 Å². The van der Waals surface area contributed by atoms with E-state index in [1.54, 1.807) is 0 Å². The molecule has 2 rings (SSSR count). The Morgan fingerprint density at radius 1 is 1.42 bits per heavy atom. The molecule has 2 atom stereocenters. The zero-order chi connectivity index (χ0) is 14.0. The Bertz CT molecular complexity index is 440. The minimum absolute atomic E-state index is 0.0451. The van der Waals surface area contributed by atoms with Crippen LogP contribution in [0.5, 0.6) is 0 Å². The van der Waals surface area contributed by atoms with Crippen molar-refractivity contribution in [2.75, 3.05) is 31.7 Å². The van der Waals surface area contributed by atoms with E-state index in [0.29, 0.717) is 12.5 Å². The van der Waals surface area contributed by atoms with Crippen molar-refractivity contribution in [3.8, 4) is 0 Å². The topological polar surface area (TPSA) is 38.5 Å². The van der Waals surface area contributed by atoms with Crippen molar-refractivity contribution < 1.29 is 4.74 Å². The van der Waals surface area contributed by atoms with Gasteiger partial charge < -0.3 is 15.4 Å². The van der Waals surface area contributed by atoms with Crippen LogP contribution in [0.1, 0.15) is 24.5 Å². The molecule has 0 aliphatic carbocycles. The number of aryl methyl sites for hydroxylation is 2. The molecule has 0 amide bonds. The van der Waals surface area contributed by atoms with Gasteiger partial charge in [-0.05, 0) is 38.8 Å². The molecule has 19 heavy (non-hydrogen) atoms. The van der Waals surface area contributed by atoms with Crippen LogP contribution >= 0.6 is 0 Å². The Kier molecular flexibility index (Phi) is 4.16. The predicted molar refractivity (Wildman–Crippen MR) is 80.7 cm³/mol. The summed E-state index contributed by atoms with van der Waals surface area (Å²) in [5.74, 6) is 0.503. The zero-order valence-corrected chi connectivity index (χ0v) is 12.6. The van der Waals surface area contributed by atoms with E-state index in [9.17, 15) is 0 Å². The smallest absolute Gasteiger partial charge is 0.0543 e. The van der Waals surface area contributed by atoms with Gasteiger partial charge in [0.15, 0.2) is 0 Å². The number of hydrogen-bond acceptors (Lipinski definition) is 3. The second kappa shape index (κ2) is 5.51. The molecule has 1 aromatic carbocycles. The molecule has 2 unspecified atom stereocenters. The Labute approximate surface area is 116 Å². The normalized spacial score (nSPS) is 22.3. The van der Waals surface area contributed by atoms with Gasteiger partial charge in [0.05, 0.1) is 12.1 Å². The Morgan fingerprint density at radius 3 is 2.68 bits per heavy atom. The fourth-order valence-electron chi connectivity index (χ4n) is 3.06. The quantitative estimate of drug-likeness (QED) is 0.906. The van der Waals surface area contributed by atoms with Crippen LogP contribution in [0.2, 0.25) is 0 Å². The largest absolute Gasteiger partial charge is 0.381 e. The summed E-state index contributed by atoms with van der Waals surface area (Å²) < 4.78 is 5.56. The number of benzene rings is 1. The fraction of sp³-hybridized carbons (Fsp3) is 0.625. The lowest BCUT2D eigenvalue weighted by molar-refractivity contribution is 0.166. The molecule has 0 radical (unpaired) electrons. The molecule has 1 aliphatic rings. The molecule has 106 valence electrons. The van der Waals surface area contributed by atoms with Gasteiger partial charge in [-0.1, -0.05) is 17.7 Å². The average molecular weight is 262 g/mol. The van der Waals surface area contributed by atoms with Crippen molar-refractivity contribution in [1.82, 2.24) is 0 Å². The molecule has 3 nitrogen and oxygen atoms in total. The maximum atomic E-state index is 6.11. The molecule has 0 saturated carbocycles. The van der Waals surface area contributed by atoms with Crippen molar-refractivity contribution in [3.63, 3.8) is 0 Å². The number of nitrogens with two attached hydrogens (primary N) is 1. The molecule has 2 N–H and O–H groups in total. The first-order chi connectivity index (χ1) is 8.99. The van der Waals surface area contributed by atoms with Crippen LogP contribution in [0.25, 0.3) is 0 Å². The zero-order valence-electron chi connectivity index (χ0n) is 12.6. The SMILES string of the molecule is Cc1ccc(N(C)C(C)(CN)C2CCOC2)c(C)c1. The minimum Gasteiger partial charge on any atom is -0.381 e. The number of nitrogens with zero attached hydrogens (tertiary/aromatic N) is 1. The number of anilines is 1. The van der Waals surface area contributed by atoms with E-state index in [-0.39, 0.29) is 5.54 Å². The summed E-state index contributed by atoms with van der Waals surface area (Å²) in [7, 11) is 2.16. The first-order valence-corrected chi connectivity index (χ1v) is 7.08. The Hall–Kier alpha value is -1.06. The van der Waals surface area contributed by atoms with Crippen LogP contribution in [-0.2, 0) is 4.74 Å². The first kappa shape index (κ1) is 14.4. The molecule has 1 heterocycles. The van der Waals surface area contributed by atoms with Gasteiger partial charge in [-0.2, -0.15) is 0 Å². The van der Waals surface area contributed by atoms with Gasteiger partial charge in [0.25, 0.3) is 0 Å². The third-order valence-corrected chi connectivity index (χ3v) is 4.70. The molecule has 1 aromatic rings. The van der Waals surface area contributed by atoms with Crippen molar-refractivity contribution >= 4 is 5.69 Å². The second-order valence-corrected chi connectivity index (χ2v) is 5.97. The van der Waals surface area contributed by atoms with Gasteiger partial charge in [0, 0.05) is 31.8 Å². The van der Waals surface area contributed by atoms with E-state index in [2.05, 4.69) is 50.9 Å². The molecule has 1 aliphatic heterocycles. The molecule has 1 fully saturated rings. The third kappa shape index (κ3) is 2.63. The lowest BCUT2D eigenvalue weighted by atomic mass is 9.83. The second-order valence-electron chi connectivity index (χ2n) is 5.97. The van der Waals surface area contributed by atoms with E-state index in [1.165, 1.54) is 16.8 Å². The van der Waals surface area contributed by atoms with E-state index in [1.807, 2.05) is 0 Å². The van der Waals surface area contributed by atoms with Crippen LogP contribution < -0.4 is 10.6 Å². The third-order valence-electron chi connectivity index (χ3n) is 4.70. The van der Waals surface area contributed by atoms with Crippen molar-refractivity contribution in [1.29, 1.82) is 0 Å². The number of rotatable bonds is 4. The summed E-state index contributed by atoms with van der Waals surface area (Å²) in [6, 6.07) is 6.60. The molecule has 0 bridgehead atoms. The van der Waals surface area contributed by atoms with Crippen LogP contribution in [0.4, 0.5) is 5.69 Å². The Morgan fingerprint density at radius 2 is 2.16 bits per heavy atom. The van der Waals surface area contributed by atoms with Gasteiger partial charge in [0.2, 0.25) is 0 Å². The van der Waals surface area contributed by atoms with Crippen molar-refractivity contribution in [2.24, 2.45) is 11.7 Å². The lowest BCUT2D eigenvalue weighted by Crippen LogP contribution is -2.55. The lowest BCUT2D eigenvalue weighted by Gasteiger charge is -2.44. The highest BCUT2D eigenvalue weighted by Crippen LogP contribution is 2.34. The van der Waals surface area contributed by atoms with E-state index >= 15 is 0 Å². The van der Waals surface area contributed by atoms with Crippen LogP contribution in [0.15, 0.2) is 18.2 Å². The minimum atomic E-state index is -0.0451. The molecule has 3 heteroatoms. The van der Waals surface area contributed by atoms with Crippen molar-refractivity contribution in [2.45, 2.75) is 32.7 Å². The predicted octanol–water partition coefficient (Wildman–Crippen LogP) is 2.49. The monoisotopic (exact) mass is 262 g/mol. The summed E-state index contributed by atoms with van der Waals surface area (Å²) in [4.78, 5) is 2.35. The molecule has 1 saturated heterocycles. The molecule has 0 spiro atoms. The van der Waals surface area contributed by atoms with E-state index < -0.39 is 0 Å². The van der Waals surface area contributed by atoms with Gasteiger partial charge in [-0.15, -0.1) is 0 Å². The van der Waals surface area contributed by atoms with Crippen LogP contribution in [-0.4, -0.2) is 32.3 Å². The van der Waals surface area contributed by atoms with Gasteiger partial charge in [-0.25, -0.2) is 0 Å². The summed E-state index contributed by atoms with van der Waals surface area (Å²) in [6.45, 7) is 8.88.